The van der Waals surface area contributed by atoms with Gasteiger partial charge in [0.05, 0.1) is 18.8 Å². The largest absolute Gasteiger partial charge is 0.497 e. The highest BCUT2D eigenvalue weighted by atomic mass is 16.5. The summed E-state index contributed by atoms with van der Waals surface area (Å²) >= 11 is 0. The van der Waals surface area contributed by atoms with Crippen LogP contribution in [0.5, 0.6) is 11.5 Å². The Hall–Kier alpha value is -1.55. The van der Waals surface area contributed by atoms with Crippen LogP contribution in [0, 0.1) is 0 Å². The molecule has 0 bridgehead atoms. The van der Waals surface area contributed by atoms with Gasteiger partial charge in [0, 0.05) is 0 Å². The summed E-state index contributed by atoms with van der Waals surface area (Å²) in [6, 6.07) is 5.07. The molecule has 92 valence electrons. The predicted molar refractivity (Wildman–Crippen MR) is 62.7 cm³/mol. The third-order valence-corrected chi connectivity index (χ3v) is 3.04. The monoisotopic (exact) mass is 236 g/mol. The Kier molecular flexibility index (Phi) is 3.64. The van der Waals surface area contributed by atoms with Crippen molar-refractivity contribution in [2.75, 3.05) is 7.11 Å². The van der Waals surface area contributed by atoms with Crippen molar-refractivity contribution in [3.8, 4) is 11.5 Å². The minimum absolute atomic E-state index is 0.206. The molecule has 0 heterocycles. The summed E-state index contributed by atoms with van der Waals surface area (Å²) in [5.41, 5.74) is 0.448. The minimum atomic E-state index is -0.434. The molecule has 1 aromatic carbocycles. The van der Waals surface area contributed by atoms with Gasteiger partial charge in [-0.2, -0.15) is 0 Å². The summed E-state index contributed by atoms with van der Waals surface area (Å²) in [6.45, 7) is 0. The van der Waals surface area contributed by atoms with Crippen LogP contribution < -0.4 is 9.47 Å². The number of rotatable bonds is 4. The zero-order valence-electron chi connectivity index (χ0n) is 9.76. The number of aliphatic hydroxyl groups is 1. The fourth-order valence-corrected chi connectivity index (χ4v) is 2.06. The Morgan fingerprint density at radius 3 is 2.82 bits per heavy atom. The number of carbonyl (C=O) groups is 1. The first-order valence-corrected chi connectivity index (χ1v) is 5.72. The lowest BCUT2D eigenvalue weighted by Crippen LogP contribution is -2.26. The van der Waals surface area contributed by atoms with Crippen LogP contribution in [-0.4, -0.2) is 30.7 Å². The molecule has 1 aliphatic rings. The Morgan fingerprint density at radius 2 is 2.24 bits per heavy atom. The van der Waals surface area contributed by atoms with E-state index < -0.39 is 6.10 Å². The molecule has 1 fully saturated rings. The van der Waals surface area contributed by atoms with Gasteiger partial charge in [0.2, 0.25) is 0 Å². The first-order valence-electron chi connectivity index (χ1n) is 5.72. The van der Waals surface area contributed by atoms with Crippen molar-refractivity contribution in [1.29, 1.82) is 0 Å². The minimum Gasteiger partial charge on any atom is -0.497 e. The van der Waals surface area contributed by atoms with Gasteiger partial charge in [-0.05, 0) is 37.5 Å². The van der Waals surface area contributed by atoms with Crippen molar-refractivity contribution in [3.63, 3.8) is 0 Å². The van der Waals surface area contributed by atoms with Crippen LogP contribution in [0.15, 0.2) is 18.2 Å². The zero-order chi connectivity index (χ0) is 12.3. The van der Waals surface area contributed by atoms with Gasteiger partial charge in [-0.1, -0.05) is 0 Å². The molecule has 0 radical (unpaired) electrons. The van der Waals surface area contributed by atoms with E-state index in [1.165, 1.54) is 0 Å². The van der Waals surface area contributed by atoms with E-state index in [0.29, 0.717) is 17.1 Å². The van der Waals surface area contributed by atoms with Crippen molar-refractivity contribution in [3.05, 3.63) is 23.8 Å². The van der Waals surface area contributed by atoms with Crippen LogP contribution in [0.3, 0.4) is 0 Å². The maximum atomic E-state index is 11.0. The lowest BCUT2D eigenvalue weighted by Gasteiger charge is -2.18. The van der Waals surface area contributed by atoms with Gasteiger partial charge in [0.25, 0.3) is 0 Å². The third-order valence-electron chi connectivity index (χ3n) is 3.04. The lowest BCUT2D eigenvalue weighted by molar-refractivity contribution is 0.0597. The van der Waals surface area contributed by atoms with E-state index in [1.807, 2.05) is 0 Å². The fraction of sp³-hybridized carbons (Fsp3) is 0.462. The average Bonchev–Trinajstić information content (AvgIpc) is 2.75. The molecule has 1 saturated carbocycles. The average molecular weight is 236 g/mol. The van der Waals surface area contributed by atoms with Crippen molar-refractivity contribution in [2.24, 2.45) is 0 Å². The molecule has 4 nitrogen and oxygen atoms in total. The predicted octanol–water partition coefficient (Wildman–Crippen LogP) is 1.80. The number of methoxy groups -OCH3 is 1. The normalized spacial score (nSPS) is 23.4. The second kappa shape index (κ2) is 5.19. The summed E-state index contributed by atoms with van der Waals surface area (Å²) in [5.74, 6) is 1.12. The molecule has 0 spiro atoms. The number of benzene rings is 1. The molecule has 2 atom stereocenters. The summed E-state index contributed by atoms with van der Waals surface area (Å²) in [4.78, 5) is 11.0. The molecule has 0 amide bonds. The molecule has 17 heavy (non-hydrogen) atoms. The summed E-state index contributed by atoms with van der Waals surface area (Å²) in [7, 11) is 1.55. The molecule has 2 unspecified atom stereocenters. The lowest BCUT2D eigenvalue weighted by atomic mass is 10.2. The van der Waals surface area contributed by atoms with E-state index in [-0.39, 0.29) is 6.10 Å². The second-order valence-corrected chi connectivity index (χ2v) is 4.18. The Balaban J connectivity index is 2.17. The van der Waals surface area contributed by atoms with Crippen LogP contribution in [0.25, 0.3) is 0 Å². The smallest absolute Gasteiger partial charge is 0.153 e. The van der Waals surface area contributed by atoms with Gasteiger partial charge in [-0.15, -0.1) is 0 Å². The van der Waals surface area contributed by atoms with Gasteiger partial charge in [0.1, 0.15) is 17.6 Å². The molecule has 2 rings (SSSR count). The number of hydrogen-bond acceptors (Lipinski definition) is 4. The van der Waals surface area contributed by atoms with Crippen molar-refractivity contribution < 1.29 is 19.4 Å². The molecule has 4 heteroatoms. The molecular weight excluding hydrogens is 220 g/mol. The topological polar surface area (TPSA) is 55.8 Å². The van der Waals surface area contributed by atoms with Gasteiger partial charge < -0.3 is 14.6 Å². The standard InChI is InChI=1S/C13H16O4/c1-16-10-5-6-12(9(7-10)8-14)17-13-4-2-3-11(13)15/h5-8,11,13,15H,2-4H2,1H3. The van der Waals surface area contributed by atoms with Crippen LogP contribution in [0.4, 0.5) is 0 Å². The van der Waals surface area contributed by atoms with Gasteiger partial charge >= 0.3 is 0 Å². The number of aliphatic hydroxyl groups excluding tert-OH is 1. The number of hydrogen-bond donors (Lipinski definition) is 1. The summed E-state index contributed by atoms with van der Waals surface area (Å²) in [5, 5.41) is 9.68. The number of ether oxygens (including phenoxy) is 2. The van der Waals surface area contributed by atoms with Gasteiger partial charge in [-0.3, -0.25) is 4.79 Å². The van der Waals surface area contributed by atoms with E-state index in [1.54, 1.807) is 25.3 Å². The SMILES string of the molecule is COc1ccc(OC2CCCC2O)c(C=O)c1. The molecule has 0 saturated heterocycles. The maximum absolute atomic E-state index is 11.0. The Labute approximate surface area is 100 Å². The molecular formula is C13H16O4. The van der Waals surface area contributed by atoms with Crippen molar-refractivity contribution in [1.82, 2.24) is 0 Å². The zero-order valence-corrected chi connectivity index (χ0v) is 9.76. The fourth-order valence-electron chi connectivity index (χ4n) is 2.06. The first kappa shape index (κ1) is 11.9. The van der Waals surface area contributed by atoms with E-state index in [4.69, 9.17) is 9.47 Å². The molecule has 1 N–H and O–H groups in total. The highest BCUT2D eigenvalue weighted by Gasteiger charge is 2.27. The molecule has 0 aliphatic heterocycles. The number of aldehydes is 1. The molecule has 1 aromatic rings. The van der Waals surface area contributed by atoms with Crippen LogP contribution >= 0.6 is 0 Å². The van der Waals surface area contributed by atoms with Crippen molar-refractivity contribution in [2.45, 2.75) is 31.5 Å². The summed E-state index contributed by atoms with van der Waals surface area (Å²) in [6.07, 6.45) is 2.64. The van der Waals surface area contributed by atoms with E-state index >= 15 is 0 Å². The van der Waals surface area contributed by atoms with Gasteiger partial charge in [-0.25, -0.2) is 0 Å². The number of carbonyl (C=O) groups excluding carboxylic acids is 1. The Morgan fingerprint density at radius 1 is 1.41 bits per heavy atom. The van der Waals surface area contributed by atoms with E-state index in [9.17, 15) is 9.90 Å². The van der Waals surface area contributed by atoms with E-state index in [0.717, 1.165) is 25.5 Å². The highest BCUT2D eigenvalue weighted by Crippen LogP contribution is 2.28. The van der Waals surface area contributed by atoms with Crippen LogP contribution in [0.1, 0.15) is 29.6 Å². The van der Waals surface area contributed by atoms with Crippen LogP contribution in [0.2, 0.25) is 0 Å². The molecule has 1 aliphatic carbocycles. The van der Waals surface area contributed by atoms with E-state index in [2.05, 4.69) is 0 Å². The van der Waals surface area contributed by atoms with Gasteiger partial charge in [0.15, 0.2) is 6.29 Å². The van der Waals surface area contributed by atoms with Crippen molar-refractivity contribution >= 4 is 6.29 Å². The quantitative estimate of drug-likeness (QED) is 0.810. The second-order valence-electron chi connectivity index (χ2n) is 4.18. The molecule has 0 aromatic heterocycles. The maximum Gasteiger partial charge on any atom is 0.153 e. The third kappa shape index (κ3) is 2.58. The Bertz CT molecular complexity index is 402. The summed E-state index contributed by atoms with van der Waals surface area (Å²) < 4.78 is 10.7. The van der Waals surface area contributed by atoms with Crippen LogP contribution in [-0.2, 0) is 0 Å². The first-order chi connectivity index (χ1) is 8.24. The highest BCUT2D eigenvalue weighted by molar-refractivity contribution is 5.80.